The van der Waals surface area contributed by atoms with Crippen LogP contribution in [0.5, 0.6) is 17.2 Å². The third-order valence-corrected chi connectivity index (χ3v) is 13.4. The smallest absolute Gasteiger partial charge is 0.200 e. The zero-order valence-corrected chi connectivity index (χ0v) is 43.0. The number of ether oxygens (including phenoxy) is 3. The van der Waals surface area contributed by atoms with Crippen molar-refractivity contribution in [1.29, 1.82) is 0 Å². The van der Waals surface area contributed by atoms with E-state index >= 15 is 35.1 Å². The van der Waals surface area contributed by atoms with Gasteiger partial charge in [-0.15, -0.1) is 21.9 Å². The summed E-state index contributed by atoms with van der Waals surface area (Å²) in [5, 5.41) is 0. The summed E-state index contributed by atoms with van der Waals surface area (Å²) in [4.78, 5) is 3.70. The second kappa shape index (κ2) is 22.2. The largest absolute Gasteiger partial charge is 0.488 e. The van der Waals surface area contributed by atoms with Crippen molar-refractivity contribution in [2.45, 2.75) is 93.8 Å². The van der Waals surface area contributed by atoms with Gasteiger partial charge in [-0.2, -0.15) is 0 Å². The highest BCUT2D eigenvalue weighted by Gasteiger charge is 2.52. The van der Waals surface area contributed by atoms with Crippen LogP contribution in [0.15, 0.2) is 87.5 Å². The van der Waals surface area contributed by atoms with Gasteiger partial charge >= 0.3 is 0 Å². The topological polar surface area (TPSA) is 27.7 Å². The molecule has 0 saturated heterocycles. The molecule has 422 valence electrons. The van der Waals surface area contributed by atoms with E-state index in [0.717, 1.165) is 17.2 Å². The lowest BCUT2D eigenvalue weighted by Gasteiger charge is -2.44. The van der Waals surface area contributed by atoms with E-state index in [1.165, 1.54) is 14.7 Å². The van der Waals surface area contributed by atoms with E-state index in [4.69, 9.17) is 14.2 Å². The molecule has 0 heterocycles. The van der Waals surface area contributed by atoms with Crippen molar-refractivity contribution in [3.63, 3.8) is 0 Å². The number of rotatable bonds is 10. The highest BCUT2D eigenvalue weighted by atomic mass is 32.2. The molecule has 0 aliphatic heterocycles. The van der Waals surface area contributed by atoms with Gasteiger partial charge in [0.25, 0.3) is 0 Å². The van der Waals surface area contributed by atoms with Gasteiger partial charge in [-0.1, -0.05) is 0 Å². The first-order valence-electron chi connectivity index (χ1n) is 22.7. The summed E-state index contributed by atoms with van der Waals surface area (Å²) >= 11 is 0. The molecule has 25 heteroatoms. The van der Waals surface area contributed by atoms with Crippen molar-refractivity contribution in [2.75, 3.05) is 0 Å². The molecule has 0 aliphatic rings. The van der Waals surface area contributed by atoms with Crippen LogP contribution in [0.3, 0.4) is 0 Å². The van der Waals surface area contributed by atoms with Crippen LogP contribution in [0.1, 0.15) is 62.3 Å². The van der Waals surface area contributed by atoms with Gasteiger partial charge in [0.05, 0.1) is 10.9 Å². The van der Waals surface area contributed by atoms with Crippen LogP contribution in [0.25, 0.3) is 0 Å². The zero-order chi connectivity index (χ0) is 59.5. The fraction of sp³-hybridized carbons (Fsp3) is 0.222. The molecule has 0 saturated carbocycles. The Morgan fingerprint density at radius 2 is 0.380 bits per heavy atom. The second-order valence-corrected chi connectivity index (χ2v) is 22.2. The molecule has 0 amide bonds. The average Bonchev–Trinajstić information content (AvgIpc) is 3.57. The van der Waals surface area contributed by atoms with Crippen LogP contribution in [0.2, 0.25) is 0 Å². The van der Waals surface area contributed by atoms with E-state index in [1.54, 1.807) is 0 Å². The average molecular weight is 1160 g/mol. The van der Waals surface area contributed by atoms with Crippen molar-refractivity contribution in [3.8, 4) is 17.2 Å². The third kappa shape index (κ3) is 11.7. The van der Waals surface area contributed by atoms with Gasteiger partial charge in [0.15, 0.2) is 84.5 Å². The summed E-state index contributed by atoms with van der Waals surface area (Å²) in [6, 6.07) is 25.4. The number of benzene rings is 7. The maximum Gasteiger partial charge on any atom is 0.200 e. The minimum Gasteiger partial charge on any atom is -0.488 e. The molecule has 0 N–H and O–H groups in total. The number of halogens is 20. The van der Waals surface area contributed by atoms with Crippen LogP contribution in [0, 0.1) is 116 Å². The van der Waals surface area contributed by atoms with Crippen molar-refractivity contribution in [2.24, 2.45) is 0 Å². The lowest BCUT2D eigenvalue weighted by atomic mass is 9.12. The van der Waals surface area contributed by atoms with Crippen LogP contribution in [-0.2, 0) is 10.9 Å². The molecule has 3 nitrogen and oxygen atoms in total. The second-order valence-electron chi connectivity index (χ2n) is 20.2. The van der Waals surface area contributed by atoms with Crippen LogP contribution in [-0.4, -0.2) is 22.9 Å². The minimum absolute atomic E-state index is 0.227. The molecule has 7 aromatic carbocycles. The Bertz CT molecular complexity index is 2940. The predicted molar refractivity (Wildman–Crippen MR) is 252 cm³/mol. The summed E-state index contributed by atoms with van der Waals surface area (Å²) < 4.78 is 312. The summed E-state index contributed by atoms with van der Waals surface area (Å²) in [6.07, 6.45) is -7.22. The highest BCUT2D eigenvalue weighted by molar-refractivity contribution is 7.97. The predicted octanol–water partition coefficient (Wildman–Crippen LogP) is 14.2. The van der Waals surface area contributed by atoms with E-state index in [9.17, 15) is 52.7 Å². The van der Waals surface area contributed by atoms with Crippen LogP contribution in [0.4, 0.5) is 87.8 Å². The lowest BCUT2D eigenvalue weighted by molar-refractivity contribution is 0.130. The van der Waals surface area contributed by atoms with E-state index in [0.29, 0.717) is 0 Å². The maximum atomic E-state index is 15.4. The molecule has 0 atom stereocenters. The molecular weight excluding hydrogens is 1120 g/mol. The number of hydrogen-bond donors (Lipinski definition) is 0. The molecule has 0 radical (unpaired) electrons. The van der Waals surface area contributed by atoms with Crippen molar-refractivity contribution in [1.82, 2.24) is 0 Å². The number of hydrogen-bond acceptors (Lipinski definition) is 3. The Hall–Kier alpha value is -7.05. The first kappa shape index (κ1) is 61.2. The van der Waals surface area contributed by atoms with Gasteiger partial charge in [-0.3, -0.25) is 0 Å². The molecule has 79 heavy (non-hydrogen) atoms. The molecule has 0 bridgehead atoms. The Balaban J connectivity index is 0.000000265. The monoisotopic (exact) mass is 1160 g/mol. The van der Waals surface area contributed by atoms with E-state index in [-0.39, 0.29) is 27.7 Å². The first-order chi connectivity index (χ1) is 36.4. The molecule has 0 fully saturated rings. The van der Waals surface area contributed by atoms with Gasteiger partial charge in [-0.05, 0) is 135 Å². The highest BCUT2D eigenvalue weighted by Crippen LogP contribution is 2.36. The molecule has 7 aromatic rings. The normalized spacial score (nSPS) is 12.2. The summed E-state index contributed by atoms with van der Waals surface area (Å²) in [5.41, 5.74) is -15.0. The Morgan fingerprint density at radius 3 is 0.519 bits per heavy atom. The molecule has 0 unspecified atom stereocenters. The Kier molecular flexibility index (Phi) is 17.2. The van der Waals surface area contributed by atoms with Gasteiger partial charge < -0.3 is 14.2 Å². The molecule has 0 aromatic heterocycles. The standard InChI is InChI=1S/C30H39O3S.C24BF20/c1-28(2,3)31-22-10-16-25(17-11-22)34(26-18-12-23(13-19-26)32-29(4,5)6)27-20-14-24(15-21-27)33-30(7,8)9;26-5-1(6(27)14(35)21(42)13(5)34)25(2-7(28)15(36)22(43)16(37)8(2)29,3-9(30)17(38)23(44)18(39)10(3)31)4-11(32)19(40)24(45)20(41)12(4)33/h10-21H,1-9H3;/q+1;-1. The SMILES string of the molecule is CC(C)(C)Oc1ccc([S+](c2ccc(OC(C)(C)C)cc2)c2ccc(OC(C)(C)C)cc2)cc1.Fc1c(F)c(F)c([B-](c2c(F)c(F)c(F)c(F)c2F)(c2c(F)c(F)c(F)c(F)c2F)c2c(F)c(F)c(F)c(F)c2F)c(F)c1F. The molecule has 7 rings (SSSR count). The van der Waals surface area contributed by atoms with Gasteiger partial charge in [0.2, 0.25) is 0 Å². The van der Waals surface area contributed by atoms with Gasteiger partial charge in [-0.25, -0.2) is 87.8 Å². The van der Waals surface area contributed by atoms with Gasteiger partial charge in [0, 0.05) is 0 Å². The lowest BCUT2D eigenvalue weighted by Crippen LogP contribution is -2.81. The van der Waals surface area contributed by atoms with Crippen LogP contribution >= 0.6 is 0 Å². The molecule has 0 spiro atoms. The fourth-order valence-corrected chi connectivity index (χ4v) is 10.3. The quantitative estimate of drug-likeness (QED) is 0.0449. The fourth-order valence-electron chi connectivity index (χ4n) is 8.27. The van der Waals surface area contributed by atoms with Gasteiger partial charge in [0.1, 0.15) is 86.7 Å². The first-order valence-corrected chi connectivity index (χ1v) is 24.0. The van der Waals surface area contributed by atoms with E-state index in [2.05, 4.69) is 135 Å². The third-order valence-electron chi connectivity index (χ3n) is 11.2. The zero-order valence-electron chi connectivity index (χ0n) is 42.2. The molecular formula is C54H39BF20O3S. The van der Waals surface area contributed by atoms with Crippen molar-refractivity contribution >= 4 is 38.9 Å². The summed E-state index contributed by atoms with van der Waals surface area (Å²) in [6.45, 7) is 18.6. The molecule has 0 aliphatic carbocycles. The Labute approximate surface area is 440 Å². The minimum atomic E-state index is -7.22. The van der Waals surface area contributed by atoms with E-state index < -0.39 is 144 Å². The van der Waals surface area contributed by atoms with Crippen LogP contribution < -0.4 is 36.1 Å². The summed E-state index contributed by atoms with van der Waals surface area (Å²) in [5.74, 6) is -68.8. The van der Waals surface area contributed by atoms with Crippen molar-refractivity contribution in [3.05, 3.63) is 189 Å². The van der Waals surface area contributed by atoms with Crippen molar-refractivity contribution < 1.29 is 102 Å². The Morgan fingerprint density at radius 1 is 0.241 bits per heavy atom. The van der Waals surface area contributed by atoms with E-state index in [1.807, 2.05) is 0 Å². The summed E-state index contributed by atoms with van der Waals surface area (Å²) in [7, 11) is -0.276. The maximum absolute atomic E-state index is 15.4.